The molecule has 1 saturated heterocycles. The van der Waals surface area contributed by atoms with Crippen molar-refractivity contribution in [2.24, 2.45) is 0 Å². The number of amides is 2. The van der Waals surface area contributed by atoms with E-state index in [1.54, 1.807) is 40.9 Å². The number of nitrogens with one attached hydrogen (secondary N) is 1. The lowest BCUT2D eigenvalue weighted by Crippen LogP contribution is -2.59. The zero-order chi connectivity index (χ0) is 28.1. The van der Waals surface area contributed by atoms with E-state index in [2.05, 4.69) is 25.4 Å². The number of pyridine rings is 1. The van der Waals surface area contributed by atoms with Gasteiger partial charge in [0, 0.05) is 42.6 Å². The maximum absolute atomic E-state index is 14.6. The number of piperazine rings is 1. The van der Waals surface area contributed by atoms with Crippen LogP contribution in [0.1, 0.15) is 50.7 Å². The molecule has 1 N–H and O–H groups in total. The summed E-state index contributed by atoms with van der Waals surface area (Å²) in [5.41, 5.74) is 2.23. The molecule has 2 atom stereocenters. The Labute approximate surface area is 225 Å². The molecule has 0 aliphatic carbocycles. The molecular formula is C28H32FN7O3. The highest BCUT2D eigenvalue weighted by Crippen LogP contribution is 2.32. The van der Waals surface area contributed by atoms with E-state index in [0.717, 1.165) is 11.1 Å². The Morgan fingerprint density at radius 1 is 1.10 bits per heavy atom. The quantitative estimate of drug-likeness (QED) is 0.403. The number of ether oxygens (including phenoxy) is 1. The van der Waals surface area contributed by atoms with Crippen LogP contribution in [-0.4, -0.2) is 67.3 Å². The molecule has 1 fully saturated rings. The Morgan fingerprint density at radius 2 is 1.82 bits per heavy atom. The Balaban J connectivity index is 1.42. The second kappa shape index (κ2) is 9.79. The van der Waals surface area contributed by atoms with Crippen molar-refractivity contribution in [2.45, 2.75) is 59.2 Å². The molecule has 0 spiro atoms. The molecule has 204 valence electrons. The Hall–Kier alpha value is -4.28. The molecule has 0 radical (unpaired) electrons. The third-order valence-electron chi connectivity index (χ3n) is 6.65. The molecule has 10 nitrogen and oxygen atoms in total. The summed E-state index contributed by atoms with van der Waals surface area (Å²) in [6.45, 7) is 12.5. The van der Waals surface area contributed by atoms with Crippen LogP contribution in [-0.2, 0) is 4.74 Å². The average molecular weight is 534 g/mol. The molecule has 4 heterocycles. The third-order valence-corrected chi connectivity index (χ3v) is 6.65. The van der Waals surface area contributed by atoms with Gasteiger partial charge in [0.2, 0.25) is 0 Å². The fraction of sp³-hybridized carbons (Fsp3) is 0.393. The molecule has 0 bridgehead atoms. The van der Waals surface area contributed by atoms with E-state index in [-0.39, 0.29) is 23.8 Å². The highest BCUT2D eigenvalue weighted by atomic mass is 19.1. The molecule has 0 saturated carbocycles. The molecule has 2 amide bonds. The SMILES string of the molecule is Cc1cn2cc(NC(=O)c3ccc(N4C[C@@H](C)N(C(=O)OC(C)(C)C)[C@@H](C)C4)c4ccnnc34)cc(F)c2n1. The first-order valence-electron chi connectivity index (χ1n) is 12.9. The molecule has 1 aliphatic rings. The normalized spacial score (nSPS) is 18.0. The predicted molar refractivity (Wildman–Crippen MR) is 147 cm³/mol. The molecule has 11 heteroatoms. The van der Waals surface area contributed by atoms with Gasteiger partial charge in [0.25, 0.3) is 5.91 Å². The molecular weight excluding hydrogens is 501 g/mol. The molecule has 0 unspecified atom stereocenters. The minimum Gasteiger partial charge on any atom is -0.444 e. The van der Waals surface area contributed by atoms with Crippen LogP contribution in [0.3, 0.4) is 0 Å². The number of aryl methyl sites for hydroxylation is 1. The first kappa shape index (κ1) is 26.3. The summed E-state index contributed by atoms with van der Waals surface area (Å²) in [6, 6.07) is 6.44. The van der Waals surface area contributed by atoms with Crippen LogP contribution in [0.2, 0.25) is 0 Å². The van der Waals surface area contributed by atoms with Crippen molar-refractivity contribution >= 4 is 39.9 Å². The summed E-state index contributed by atoms with van der Waals surface area (Å²) in [5, 5.41) is 11.8. The predicted octanol–water partition coefficient (Wildman–Crippen LogP) is 4.81. The number of fused-ring (bicyclic) bond motifs is 2. The lowest BCUT2D eigenvalue weighted by atomic mass is 10.0. The van der Waals surface area contributed by atoms with Gasteiger partial charge in [0.1, 0.15) is 11.1 Å². The molecule has 3 aromatic heterocycles. The molecule has 1 aromatic carbocycles. The van der Waals surface area contributed by atoms with Crippen LogP contribution >= 0.6 is 0 Å². The zero-order valence-corrected chi connectivity index (χ0v) is 22.9. The summed E-state index contributed by atoms with van der Waals surface area (Å²) in [5.74, 6) is -0.964. The van der Waals surface area contributed by atoms with Crippen molar-refractivity contribution in [3.8, 4) is 0 Å². The Morgan fingerprint density at radius 3 is 2.51 bits per heavy atom. The van der Waals surface area contributed by atoms with Gasteiger partial charge in [-0.1, -0.05) is 0 Å². The number of anilines is 2. The number of imidazole rings is 1. The summed E-state index contributed by atoms with van der Waals surface area (Å²) in [6.07, 6.45) is 4.56. The topological polar surface area (TPSA) is 105 Å². The summed E-state index contributed by atoms with van der Waals surface area (Å²) < 4.78 is 21.7. The van der Waals surface area contributed by atoms with Gasteiger partial charge in [0.05, 0.1) is 35.2 Å². The van der Waals surface area contributed by atoms with E-state index in [0.29, 0.717) is 35.6 Å². The number of carbonyl (C=O) groups is 2. The molecule has 39 heavy (non-hydrogen) atoms. The number of rotatable bonds is 3. The van der Waals surface area contributed by atoms with Crippen LogP contribution in [0.25, 0.3) is 16.6 Å². The van der Waals surface area contributed by atoms with Gasteiger partial charge in [-0.15, -0.1) is 5.10 Å². The van der Waals surface area contributed by atoms with E-state index >= 15 is 0 Å². The largest absolute Gasteiger partial charge is 0.444 e. The van der Waals surface area contributed by atoms with Crippen LogP contribution in [0.4, 0.5) is 20.6 Å². The van der Waals surface area contributed by atoms with E-state index in [9.17, 15) is 14.0 Å². The number of carbonyl (C=O) groups excluding carboxylic acids is 2. The minimum atomic E-state index is -0.575. The molecule has 5 rings (SSSR count). The lowest BCUT2D eigenvalue weighted by Gasteiger charge is -2.45. The number of hydrogen-bond acceptors (Lipinski definition) is 7. The molecule has 4 aromatic rings. The summed E-state index contributed by atoms with van der Waals surface area (Å²) in [7, 11) is 0. The van der Waals surface area contributed by atoms with Gasteiger partial charge in [-0.2, -0.15) is 5.10 Å². The Kier molecular flexibility index (Phi) is 6.61. The monoisotopic (exact) mass is 533 g/mol. The number of aromatic nitrogens is 4. The Bertz CT molecular complexity index is 1570. The van der Waals surface area contributed by atoms with Gasteiger partial charge < -0.3 is 19.4 Å². The van der Waals surface area contributed by atoms with Gasteiger partial charge in [-0.3, -0.25) is 9.69 Å². The fourth-order valence-corrected chi connectivity index (χ4v) is 5.17. The zero-order valence-electron chi connectivity index (χ0n) is 22.9. The van der Waals surface area contributed by atoms with Crippen molar-refractivity contribution in [2.75, 3.05) is 23.3 Å². The standard InChI is InChI=1S/C28H32FN7O3/c1-16-12-35-15-19(11-22(29)25(35)31-16)32-26(37)21-7-8-23(20-9-10-30-33-24(20)21)34-13-17(2)36(18(3)14-34)27(38)39-28(4,5)6/h7-12,15,17-18H,13-14H2,1-6H3,(H,32,37)/t17-,18+. The first-order valence-corrected chi connectivity index (χ1v) is 12.9. The second-order valence-electron chi connectivity index (χ2n) is 11.1. The number of nitrogens with zero attached hydrogens (tertiary/aromatic N) is 6. The third kappa shape index (κ3) is 5.21. The number of benzene rings is 1. The van der Waals surface area contributed by atoms with Crippen molar-refractivity contribution in [3.63, 3.8) is 0 Å². The van der Waals surface area contributed by atoms with E-state index < -0.39 is 17.3 Å². The van der Waals surface area contributed by atoms with Crippen molar-refractivity contribution in [1.82, 2.24) is 24.5 Å². The number of halogens is 1. The van der Waals surface area contributed by atoms with E-state index in [1.165, 1.54) is 6.07 Å². The average Bonchev–Trinajstić information content (AvgIpc) is 3.22. The van der Waals surface area contributed by atoms with Crippen LogP contribution < -0.4 is 10.2 Å². The van der Waals surface area contributed by atoms with E-state index in [1.807, 2.05) is 46.8 Å². The highest BCUT2D eigenvalue weighted by molar-refractivity contribution is 6.13. The number of hydrogen-bond donors (Lipinski definition) is 1. The van der Waals surface area contributed by atoms with Crippen LogP contribution in [0, 0.1) is 12.7 Å². The smallest absolute Gasteiger partial charge is 0.410 e. The maximum atomic E-state index is 14.6. The van der Waals surface area contributed by atoms with Crippen LogP contribution in [0.15, 0.2) is 42.9 Å². The van der Waals surface area contributed by atoms with Gasteiger partial charge >= 0.3 is 6.09 Å². The molecule has 1 aliphatic heterocycles. The van der Waals surface area contributed by atoms with Gasteiger partial charge in [-0.25, -0.2) is 14.2 Å². The van der Waals surface area contributed by atoms with Gasteiger partial charge in [0.15, 0.2) is 11.5 Å². The van der Waals surface area contributed by atoms with Crippen molar-refractivity contribution in [3.05, 3.63) is 59.9 Å². The summed E-state index contributed by atoms with van der Waals surface area (Å²) >= 11 is 0. The second-order valence-corrected chi connectivity index (χ2v) is 11.1. The van der Waals surface area contributed by atoms with Crippen LogP contribution in [0.5, 0.6) is 0 Å². The fourth-order valence-electron chi connectivity index (χ4n) is 5.17. The van der Waals surface area contributed by atoms with Crippen molar-refractivity contribution < 1.29 is 18.7 Å². The maximum Gasteiger partial charge on any atom is 0.410 e. The minimum absolute atomic E-state index is 0.104. The van der Waals surface area contributed by atoms with E-state index in [4.69, 9.17) is 4.74 Å². The summed E-state index contributed by atoms with van der Waals surface area (Å²) in [4.78, 5) is 34.3. The highest BCUT2D eigenvalue weighted by Gasteiger charge is 2.36. The van der Waals surface area contributed by atoms with Crippen molar-refractivity contribution in [1.29, 1.82) is 0 Å². The lowest BCUT2D eigenvalue weighted by molar-refractivity contribution is 0.00567. The first-order chi connectivity index (χ1) is 18.4. The van der Waals surface area contributed by atoms with Gasteiger partial charge in [-0.05, 0) is 59.7 Å².